The molecule has 4 aliphatic rings. The molecule has 8 rings (SSSR count). The molecule has 0 N–H and O–H groups in total. The van der Waals surface area contributed by atoms with E-state index in [1.807, 2.05) is 48.5 Å². The van der Waals surface area contributed by atoms with E-state index < -0.39 is 26.7 Å². The minimum absolute atomic E-state index is 0. The van der Waals surface area contributed by atoms with Crippen LogP contribution < -0.4 is 36.2 Å². The number of rotatable bonds is 2. The fraction of sp³-hybridized carbons (Fsp3) is 0. The number of hydrogen-bond donors (Lipinski definition) is 0. The summed E-state index contributed by atoms with van der Waals surface area (Å²) in [6.07, 6.45) is 0. The van der Waals surface area contributed by atoms with Gasteiger partial charge in [0.15, 0.2) is 59.4 Å². The van der Waals surface area contributed by atoms with Gasteiger partial charge in [-0.15, -0.1) is 9.03 Å². The monoisotopic (exact) mass is 775 g/mol. The van der Waals surface area contributed by atoms with Gasteiger partial charge in [-0.05, 0) is 48.5 Å². The van der Waals surface area contributed by atoms with Gasteiger partial charge in [0.05, 0.1) is 0 Å². The third-order valence-electron chi connectivity index (χ3n) is 5.54. The number of para-hydroxylation sites is 8. The van der Waals surface area contributed by atoms with Gasteiger partial charge in [0.25, 0.3) is 0 Å². The Hall–Kier alpha value is -1.74. The Bertz CT molecular complexity index is 1710. The predicted octanol–water partition coefficient (Wildman–Crippen LogP) is 9.29. The second-order valence-electron chi connectivity index (χ2n) is 8.57. The minimum Gasteiger partial charge on any atom is -0.656 e. The molecule has 4 aromatic carbocycles. The smallest absolute Gasteiger partial charge is 0.656 e. The first kappa shape index (κ1) is 31.3. The van der Waals surface area contributed by atoms with Gasteiger partial charge in [0.1, 0.15) is 0 Å². The van der Waals surface area contributed by atoms with Gasteiger partial charge in [0.2, 0.25) is 0 Å². The maximum absolute atomic E-state index is 5.66. The zero-order chi connectivity index (χ0) is 29.0. The maximum atomic E-state index is 5.66. The summed E-state index contributed by atoms with van der Waals surface area (Å²) in [5, 5.41) is 0. The van der Waals surface area contributed by atoms with Crippen LogP contribution in [0.2, 0.25) is 0 Å². The van der Waals surface area contributed by atoms with Crippen molar-refractivity contribution in [2.75, 3.05) is 0 Å². The van der Waals surface area contributed by atoms with Gasteiger partial charge in [0, 0.05) is 23.6 Å². The van der Waals surface area contributed by atoms with Gasteiger partial charge >= 0.3 is 30.4 Å². The third kappa shape index (κ3) is 6.63. The number of nitrogens with zero attached hydrogens (tertiary/aromatic N) is 2. The Balaban J connectivity index is 0.000000150. The molecule has 0 fully saturated rings. The van der Waals surface area contributed by atoms with Crippen LogP contribution in [0.1, 0.15) is 0 Å². The van der Waals surface area contributed by atoms with E-state index in [9.17, 15) is 0 Å². The molecule has 0 amide bonds. The van der Waals surface area contributed by atoms with Crippen molar-refractivity contribution in [3.05, 3.63) is 97.1 Å². The second kappa shape index (κ2) is 11.9. The van der Waals surface area contributed by atoms with E-state index in [1.54, 1.807) is 48.5 Å². The Kier molecular flexibility index (Phi) is 8.64. The molecule has 0 saturated carbocycles. The van der Waals surface area contributed by atoms with Gasteiger partial charge in [-0.1, -0.05) is 48.5 Å². The summed E-state index contributed by atoms with van der Waals surface area (Å²) in [6.45, 7) is -11.8. The predicted molar refractivity (Wildman–Crippen MR) is 173 cm³/mol. The van der Waals surface area contributed by atoms with Crippen LogP contribution in [0.3, 0.4) is 0 Å². The number of hydrogen-bond acceptors (Lipinski definition) is 12. The molecule has 0 bridgehead atoms. The maximum Gasteiger partial charge on any atom is 2.00 e. The van der Waals surface area contributed by atoms with E-state index in [2.05, 4.69) is 9.03 Å². The third-order valence-corrected chi connectivity index (χ3v) is 16.9. The average Bonchev–Trinajstić information content (AvgIpc) is 3.65. The zero-order valence-corrected chi connectivity index (χ0v) is 28.9. The van der Waals surface area contributed by atoms with Crippen LogP contribution in [0.4, 0.5) is 0 Å². The molecule has 4 aromatic rings. The Morgan fingerprint density at radius 1 is 0.395 bits per heavy atom. The van der Waals surface area contributed by atoms with Crippen LogP contribution in [0, 0.1) is 0 Å². The SMILES string of the molecule is S=P1(N=P2([S-])Oc3ccccc3O2)Oc2ccccc2O1.S=P1(N=P2([S-])Oc3ccccc3O2)Oc2ccccc2O1.[Cu+2]. The van der Waals surface area contributed by atoms with Crippen LogP contribution in [-0.4, -0.2) is 0 Å². The molecular weight excluding hydrogens is 760 g/mol. The second-order valence-corrected chi connectivity index (χ2v) is 20.7. The van der Waals surface area contributed by atoms with E-state index in [1.165, 1.54) is 0 Å². The van der Waals surface area contributed by atoms with E-state index in [-0.39, 0.29) is 17.1 Å². The fourth-order valence-corrected chi connectivity index (χ4v) is 16.8. The molecule has 0 aliphatic carbocycles. The van der Waals surface area contributed by atoms with E-state index in [4.69, 9.17) is 84.3 Å². The molecule has 10 nitrogen and oxygen atoms in total. The first-order chi connectivity index (χ1) is 20.1. The summed E-state index contributed by atoms with van der Waals surface area (Å²) >= 11 is 21.6. The molecule has 0 saturated heterocycles. The molecule has 0 unspecified atom stereocenters. The summed E-state index contributed by atoms with van der Waals surface area (Å²) < 4.78 is 53.9. The van der Waals surface area contributed by atoms with Crippen molar-refractivity contribution >= 4 is 74.8 Å². The molecule has 4 aliphatic heterocycles. The first-order valence-electron chi connectivity index (χ1n) is 11.9. The quantitative estimate of drug-likeness (QED) is 0.110. The largest absolute Gasteiger partial charge is 2.00 e. The van der Waals surface area contributed by atoms with Crippen molar-refractivity contribution in [3.8, 4) is 46.0 Å². The zero-order valence-electron chi connectivity index (χ0n) is 21.1. The summed E-state index contributed by atoms with van der Waals surface area (Å²) in [5.41, 5.74) is 0. The summed E-state index contributed by atoms with van der Waals surface area (Å²) in [7, 11) is 0. The Morgan fingerprint density at radius 2 is 0.581 bits per heavy atom. The van der Waals surface area contributed by atoms with E-state index in [0.717, 1.165) is 0 Å². The van der Waals surface area contributed by atoms with Crippen LogP contribution >= 0.6 is 26.7 Å². The van der Waals surface area contributed by atoms with Gasteiger partial charge in [-0.3, -0.25) is 0 Å². The molecule has 19 heteroatoms. The molecule has 1 radical (unpaired) electrons. The minimum atomic E-state index is -2.94. The summed E-state index contributed by atoms with van der Waals surface area (Å²) in [4.78, 5) is 0. The Morgan fingerprint density at radius 3 is 0.791 bits per heavy atom. The topological polar surface area (TPSA) is 98.6 Å². The molecule has 0 spiro atoms. The van der Waals surface area contributed by atoms with E-state index >= 15 is 0 Å². The molecule has 225 valence electrons. The molecule has 0 atom stereocenters. The Labute approximate surface area is 278 Å². The summed E-state index contributed by atoms with van der Waals surface area (Å²) in [6, 6.07) is 28.9. The van der Waals surface area contributed by atoms with Crippen LogP contribution in [-0.2, 0) is 65.2 Å². The normalized spacial score (nSPS) is 18.8. The summed E-state index contributed by atoms with van der Waals surface area (Å²) in [5.74, 6) is 4.58. The van der Waals surface area contributed by atoms with Crippen molar-refractivity contribution in [3.63, 3.8) is 0 Å². The average molecular weight is 776 g/mol. The van der Waals surface area contributed by atoms with Gasteiger partial charge in [-0.25, -0.2) is 0 Å². The van der Waals surface area contributed by atoms with E-state index in [0.29, 0.717) is 46.0 Å². The van der Waals surface area contributed by atoms with Crippen molar-refractivity contribution in [1.82, 2.24) is 0 Å². The molecule has 4 heterocycles. The number of fused-ring (bicyclic) bond motifs is 4. The van der Waals surface area contributed by atoms with Gasteiger partial charge in [-0.2, -0.15) is 0 Å². The van der Waals surface area contributed by atoms with Crippen LogP contribution in [0.15, 0.2) is 106 Å². The fourth-order valence-electron chi connectivity index (χ4n) is 3.89. The van der Waals surface area contributed by atoms with Crippen LogP contribution in [0.5, 0.6) is 46.0 Å². The molecule has 0 aromatic heterocycles. The first-order valence-corrected chi connectivity index (χ1v) is 22.3. The number of benzene rings is 4. The standard InChI is InChI=1S/2C12H8NO4P2S2.Cu/c2*20-18(14-9-5-1-2-6-10(9)15-18)13-19(21)16-11-7-3-4-8-12(11)17-19;/h2*1-8H;/q2*-1;+2. The van der Waals surface area contributed by atoms with Crippen molar-refractivity contribution in [2.24, 2.45) is 9.03 Å². The van der Waals surface area contributed by atoms with Crippen molar-refractivity contribution in [1.29, 1.82) is 0 Å². The molecular formula is C24H16CuN2O8P4S4. The molecule has 43 heavy (non-hydrogen) atoms. The van der Waals surface area contributed by atoms with Crippen LogP contribution in [0.25, 0.3) is 0 Å². The van der Waals surface area contributed by atoms with Gasteiger partial charge < -0.3 is 60.7 Å². The van der Waals surface area contributed by atoms with Crippen molar-refractivity contribution < 1.29 is 53.3 Å². The van der Waals surface area contributed by atoms with Crippen molar-refractivity contribution in [2.45, 2.75) is 0 Å².